The van der Waals surface area contributed by atoms with Crippen LogP contribution < -0.4 is 0 Å². The van der Waals surface area contributed by atoms with E-state index in [2.05, 4.69) is 31.0 Å². The average Bonchev–Trinajstić information content (AvgIpc) is 3.21. The molecule has 1 aromatic heterocycles. The Morgan fingerprint density at radius 1 is 1.10 bits per heavy atom. The second kappa shape index (κ2) is 9.06. The molecular weight excluding hydrogens is 412 g/mol. The van der Waals surface area contributed by atoms with Crippen molar-refractivity contribution in [1.82, 2.24) is 9.88 Å². The Kier molecular flexibility index (Phi) is 6.65. The number of hydrogen-bond donors (Lipinski definition) is 0. The van der Waals surface area contributed by atoms with Crippen LogP contribution in [0.5, 0.6) is 0 Å². The first-order valence-corrected chi connectivity index (χ1v) is 12.0. The lowest BCUT2D eigenvalue weighted by Crippen LogP contribution is -2.29. The molecule has 0 fully saturated rings. The highest BCUT2D eigenvalue weighted by Gasteiger charge is 2.19. The fraction of sp³-hybridized carbons (Fsp3) is 0.333. The van der Waals surface area contributed by atoms with Crippen molar-refractivity contribution >= 4 is 15.7 Å². The van der Waals surface area contributed by atoms with E-state index < -0.39 is 9.84 Å². The number of hydrogen-bond acceptors (Lipinski definition) is 5. The van der Waals surface area contributed by atoms with Gasteiger partial charge in [-0.1, -0.05) is 24.3 Å². The molecule has 0 saturated carbocycles. The molecule has 1 atom stereocenters. The van der Waals surface area contributed by atoms with E-state index >= 15 is 0 Å². The standard InChI is InChI=1S/C24H28N2O4S/c1-16-6-7-20(14-17(16)2)22-15-25-23(30-22)12-13-24(27)26(4)18(3)19-8-10-21(11-9-19)31(5,28)29/h6-11,14-15,18H,12-13H2,1-5H3/t18-/m1/s1. The van der Waals surface area contributed by atoms with E-state index in [9.17, 15) is 13.2 Å². The Morgan fingerprint density at radius 3 is 2.39 bits per heavy atom. The van der Waals surface area contributed by atoms with E-state index in [0.717, 1.165) is 11.1 Å². The molecule has 0 spiro atoms. The molecule has 0 aliphatic heterocycles. The lowest BCUT2D eigenvalue weighted by atomic mass is 10.1. The lowest BCUT2D eigenvalue weighted by molar-refractivity contribution is -0.131. The summed E-state index contributed by atoms with van der Waals surface area (Å²) >= 11 is 0. The van der Waals surface area contributed by atoms with Gasteiger partial charge in [-0.15, -0.1) is 0 Å². The first kappa shape index (κ1) is 22.7. The molecule has 3 rings (SSSR count). The highest BCUT2D eigenvalue weighted by Crippen LogP contribution is 2.24. The number of amides is 1. The third-order valence-electron chi connectivity index (χ3n) is 5.66. The van der Waals surface area contributed by atoms with Crippen molar-refractivity contribution in [3.63, 3.8) is 0 Å². The van der Waals surface area contributed by atoms with E-state index in [4.69, 9.17) is 4.42 Å². The minimum Gasteiger partial charge on any atom is -0.441 e. The Balaban J connectivity index is 1.61. The topological polar surface area (TPSA) is 80.5 Å². The summed E-state index contributed by atoms with van der Waals surface area (Å²) in [5, 5.41) is 0. The molecule has 0 unspecified atom stereocenters. The highest BCUT2D eigenvalue weighted by atomic mass is 32.2. The highest BCUT2D eigenvalue weighted by molar-refractivity contribution is 7.90. The molecule has 31 heavy (non-hydrogen) atoms. The van der Waals surface area contributed by atoms with Crippen LogP contribution in [0.1, 0.15) is 42.0 Å². The summed E-state index contributed by atoms with van der Waals surface area (Å²) in [5.74, 6) is 1.18. The van der Waals surface area contributed by atoms with Gasteiger partial charge in [-0.2, -0.15) is 0 Å². The third kappa shape index (κ3) is 5.41. The number of aromatic nitrogens is 1. The van der Waals surface area contributed by atoms with Crippen molar-refractivity contribution in [1.29, 1.82) is 0 Å². The van der Waals surface area contributed by atoms with Crippen LogP contribution in [-0.4, -0.2) is 37.5 Å². The maximum absolute atomic E-state index is 12.7. The zero-order chi connectivity index (χ0) is 22.8. The fourth-order valence-corrected chi connectivity index (χ4v) is 3.91. The average molecular weight is 441 g/mol. The fourth-order valence-electron chi connectivity index (χ4n) is 3.28. The minimum atomic E-state index is -3.24. The smallest absolute Gasteiger partial charge is 0.223 e. The van der Waals surface area contributed by atoms with Gasteiger partial charge in [0.2, 0.25) is 5.91 Å². The molecular formula is C24H28N2O4S. The minimum absolute atomic E-state index is 0.0365. The van der Waals surface area contributed by atoms with Crippen LogP contribution >= 0.6 is 0 Å². The zero-order valence-electron chi connectivity index (χ0n) is 18.5. The summed E-state index contributed by atoms with van der Waals surface area (Å²) in [7, 11) is -1.50. The van der Waals surface area contributed by atoms with E-state index in [1.807, 2.05) is 13.0 Å². The van der Waals surface area contributed by atoms with Crippen molar-refractivity contribution in [2.45, 2.75) is 44.6 Å². The monoisotopic (exact) mass is 440 g/mol. The van der Waals surface area contributed by atoms with Gasteiger partial charge in [-0.3, -0.25) is 4.79 Å². The van der Waals surface area contributed by atoms with Crippen LogP contribution in [0.2, 0.25) is 0 Å². The van der Waals surface area contributed by atoms with Crippen LogP contribution in [0.15, 0.2) is 58.0 Å². The Labute approximate surface area is 183 Å². The van der Waals surface area contributed by atoms with Crippen molar-refractivity contribution < 1.29 is 17.6 Å². The van der Waals surface area contributed by atoms with Gasteiger partial charge in [0, 0.05) is 31.7 Å². The second-order valence-corrected chi connectivity index (χ2v) is 9.95. The molecule has 0 bridgehead atoms. The molecule has 3 aromatic rings. The molecule has 2 aromatic carbocycles. The Bertz CT molecular complexity index is 1180. The maximum Gasteiger partial charge on any atom is 0.223 e. The predicted octanol–water partition coefficient (Wildman–Crippen LogP) is 4.51. The molecule has 0 aliphatic carbocycles. The van der Waals surface area contributed by atoms with Crippen LogP contribution in [0, 0.1) is 13.8 Å². The quantitative estimate of drug-likeness (QED) is 0.540. The van der Waals surface area contributed by atoms with Crippen molar-refractivity contribution in [3.8, 4) is 11.3 Å². The lowest BCUT2D eigenvalue weighted by Gasteiger charge is -2.25. The molecule has 0 N–H and O–H groups in total. The third-order valence-corrected chi connectivity index (χ3v) is 6.79. The summed E-state index contributed by atoms with van der Waals surface area (Å²) in [5.41, 5.74) is 4.25. The van der Waals surface area contributed by atoms with Crippen LogP contribution in [0.3, 0.4) is 0 Å². The number of sulfone groups is 1. The number of carbonyl (C=O) groups is 1. The van der Waals surface area contributed by atoms with Gasteiger partial charge < -0.3 is 9.32 Å². The summed E-state index contributed by atoms with van der Waals surface area (Å²) in [6.45, 7) is 6.03. The van der Waals surface area contributed by atoms with Gasteiger partial charge in [0.25, 0.3) is 0 Å². The van der Waals surface area contributed by atoms with Gasteiger partial charge in [-0.05, 0) is 55.7 Å². The van der Waals surface area contributed by atoms with Crippen molar-refractivity contribution in [3.05, 3.63) is 71.2 Å². The first-order chi connectivity index (χ1) is 14.6. The van der Waals surface area contributed by atoms with Crippen LogP contribution in [-0.2, 0) is 21.1 Å². The number of aryl methyl sites for hydroxylation is 3. The maximum atomic E-state index is 12.7. The Morgan fingerprint density at radius 2 is 1.77 bits per heavy atom. The van der Waals surface area contributed by atoms with Gasteiger partial charge in [-0.25, -0.2) is 13.4 Å². The molecule has 1 heterocycles. The van der Waals surface area contributed by atoms with Gasteiger partial charge >= 0.3 is 0 Å². The van der Waals surface area contributed by atoms with Crippen LogP contribution in [0.25, 0.3) is 11.3 Å². The first-order valence-electron chi connectivity index (χ1n) is 10.1. The van der Waals surface area contributed by atoms with Crippen LogP contribution in [0.4, 0.5) is 0 Å². The largest absolute Gasteiger partial charge is 0.441 e. The number of carbonyl (C=O) groups excluding carboxylic acids is 1. The normalized spacial score (nSPS) is 12.5. The van der Waals surface area contributed by atoms with Crippen molar-refractivity contribution in [2.75, 3.05) is 13.3 Å². The molecule has 0 aliphatic rings. The summed E-state index contributed by atoms with van der Waals surface area (Å²) in [4.78, 5) is 18.9. The zero-order valence-corrected chi connectivity index (χ0v) is 19.4. The number of nitrogens with zero attached hydrogens (tertiary/aromatic N) is 2. The summed E-state index contributed by atoms with van der Waals surface area (Å²) in [6.07, 6.45) is 3.55. The summed E-state index contributed by atoms with van der Waals surface area (Å²) < 4.78 is 29.1. The molecule has 1 amide bonds. The van der Waals surface area contributed by atoms with E-state index in [0.29, 0.717) is 18.1 Å². The molecule has 7 heteroatoms. The number of benzene rings is 2. The van der Waals surface area contributed by atoms with E-state index in [1.165, 1.54) is 17.4 Å². The van der Waals surface area contributed by atoms with Gasteiger partial charge in [0.1, 0.15) is 0 Å². The Hall–Kier alpha value is -2.93. The molecule has 0 radical (unpaired) electrons. The predicted molar refractivity (Wildman–Crippen MR) is 120 cm³/mol. The van der Waals surface area contributed by atoms with Gasteiger partial charge in [0.05, 0.1) is 17.1 Å². The molecule has 164 valence electrons. The molecule has 6 nitrogen and oxygen atoms in total. The number of oxazole rings is 1. The molecule has 0 saturated heterocycles. The number of rotatable bonds is 7. The summed E-state index contributed by atoms with van der Waals surface area (Å²) in [6, 6.07) is 12.6. The van der Waals surface area contributed by atoms with Crippen molar-refractivity contribution in [2.24, 2.45) is 0 Å². The SMILES string of the molecule is Cc1ccc(-c2cnc(CCC(=O)N(C)[C@H](C)c3ccc(S(C)(=O)=O)cc3)o2)cc1C. The van der Waals surface area contributed by atoms with E-state index in [1.54, 1.807) is 42.4 Å². The van der Waals surface area contributed by atoms with E-state index in [-0.39, 0.29) is 23.3 Å². The second-order valence-electron chi connectivity index (χ2n) is 7.94. The van der Waals surface area contributed by atoms with Gasteiger partial charge in [0.15, 0.2) is 21.5 Å².